The molecule has 1 aliphatic heterocycles. The number of hydrogen-bond donors (Lipinski definition) is 1. The minimum atomic E-state index is -0.924. The molecule has 0 atom stereocenters. The Bertz CT molecular complexity index is 1090. The van der Waals surface area contributed by atoms with Crippen molar-refractivity contribution in [1.82, 2.24) is 10.2 Å². The van der Waals surface area contributed by atoms with E-state index in [0.717, 1.165) is 11.0 Å². The Morgan fingerprint density at radius 3 is 2.52 bits per heavy atom. The molecule has 2 aromatic rings. The second-order valence-electron chi connectivity index (χ2n) is 6.37. The van der Waals surface area contributed by atoms with Crippen LogP contribution >= 0.6 is 11.8 Å². The zero-order valence-corrected chi connectivity index (χ0v) is 17.1. The number of nitro benzene ring substituents is 1. The van der Waals surface area contributed by atoms with Crippen molar-refractivity contribution >= 4 is 41.1 Å². The summed E-state index contributed by atoms with van der Waals surface area (Å²) in [5.74, 6) is -2.21. The Balaban J connectivity index is 1.81. The van der Waals surface area contributed by atoms with E-state index >= 15 is 0 Å². The third-order valence-electron chi connectivity index (χ3n) is 4.51. The van der Waals surface area contributed by atoms with E-state index in [4.69, 9.17) is 4.74 Å². The number of amides is 3. The molecular formula is C20H17N3O7S. The van der Waals surface area contributed by atoms with Gasteiger partial charge in [0.15, 0.2) is 12.4 Å². The van der Waals surface area contributed by atoms with Crippen LogP contribution in [-0.4, -0.2) is 59.5 Å². The van der Waals surface area contributed by atoms with Crippen molar-refractivity contribution in [2.24, 2.45) is 0 Å². The molecule has 0 aliphatic carbocycles. The lowest BCUT2D eigenvalue weighted by Gasteiger charge is -2.13. The van der Waals surface area contributed by atoms with Crippen LogP contribution in [0.25, 0.3) is 0 Å². The number of nitro groups is 1. The number of carbonyl (C=O) groups excluding carboxylic acids is 4. The van der Waals surface area contributed by atoms with Crippen molar-refractivity contribution in [3.8, 4) is 0 Å². The van der Waals surface area contributed by atoms with E-state index in [1.165, 1.54) is 48.2 Å². The molecule has 0 bridgehead atoms. The predicted molar refractivity (Wildman–Crippen MR) is 110 cm³/mol. The number of esters is 1. The zero-order chi connectivity index (χ0) is 22.5. The number of hydrogen-bond acceptors (Lipinski definition) is 8. The highest BCUT2D eigenvalue weighted by Gasteiger charge is 2.28. The number of ketones is 1. The summed E-state index contributed by atoms with van der Waals surface area (Å²) in [5.41, 5.74) is -0.296. The van der Waals surface area contributed by atoms with Gasteiger partial charge in [-0.15, -0.1) is 11.8 Å². The highest BCUT2D eigenvalue weighted by molar-refractivity contribution is 7.98. The summed E-state index contributed by atoms with van der Waals surface area (Å²) in [6, 6.07) is 9.31. The Morgan fingerprint density at radius 1 is 1.19 bits per heavy atom. The largest absolute Gasteiger partial charge is 0.452 e. The first-order valence-corrected chi connectivity index (χ1v) is 10.3. The summed E-state index contributed by atoms with van der Waals surface area (Å²) in [6.07, 6.45) is 1.68. The molecule has 160 valence electrons. The van der Waals surface area contributed by atoms with Crippen LogP contribution in [-0.2, 0) is 9.53 Å². The van der Waals surface area contributed by atoms with Crippen LogP contribution < -0.4 is 5.32 Å². The molecule has 1 N–H and O–H groups in total. The molecule has 0 spiro atoms. The van der Waals surface area contributed by atoms with Crippen LogP contribution in [0.1, 0.15) is 26.3 Å². The van der Waals surface area contributed by atoms with E-state index in [0.29, 0.717) is 11.4 Å². The molecule has 0 saturated carbocycles. The number of rotatable bonds is 7. The number of benzene rings is 2. The quantitative estimate of drug-likeness (QED) is 0.226. The van der Waals surface area contributed by atoms with Gasteiger partial charge in [-0.05, 0) is 24.5 Å². The van der Waals surface area contributed by atoms with Crippen LogP contribution in [0, 0.1) is 10.1 Å². The van der Waals surface area contributed by atoms with Crippen LogP contribution in [0.5, 0.6) is 0 Å². The van der Waals surface area contributed by atoms with Crippen molar-refractivity contribution in [3.05, 3.63) is 69.3 Å². The minimum Gasteiger partial charge on any atom is -0.452 e. The lowest BCUT2D eigenvalue weighted by atomic mass is 9.98. The molecule has 1 saturated heterocycles. The van der Waals surface area contributed by atoms with Gasteiger partial charge in [0.1, 0.15) is 0 Å². The Hall–Kier alpha value is -3.73. The van der Waals surface area contributed by atoms with Gasteiger partial charge in [-0.25, -0.2) is 9.59 Å². The second-order valence-corrected chi connectivity index (χ2v) is 7.22. The van der Waals surface area contributed by atoms with Gasteiger partial charge in [0, 0.05) is 30.3 Å². The van der Waals surface area contributed by atoms with Gasteiger partial charge >= 0.3 is 12.0 Å². The first-order valence-electron chi connectivity index (χ1n) is 9.05. The first kappa shape index (κ1) is 22.0. The number of urea groups is 1. The van der Waals surface area contributed by atoms with Crippen molar-refractivity contribution in [2.75, 3.05) is 26.0 Å². The van der Waals surface area contributed by atoms with E-state index < -0.39 is 35.2 Å². The molecule has 3 rings (SSSR count). The lowest BCUT2D eigenvalue weighted by molar-refractivity contribution is -0.387. The molecule has 0 unspecified atom stereocenters. The maximum absolute atomic E-state index is 13.0. The molecule has 2 aromatic carbocycles. The summed E-state index contributed by atoms with van der Waals surface area (Å²) in [4.78, 5) is 61.1. The number of ether oxygens (including phenoxy) is 1. The summed E-state index contributed by atoms with van der Waals surface area (Å²) >= 11 is 1.18. The third-order valence-corrected chi connectivity index (χ3v) is 5.30. The molecule has 11 heteroatoms. The first-order chi connectivity index (χ1) is 14.8. The van der Waals surface area contributed by atoms with Gasteiger partial charge in [0.25, 0.3) is 11.6 Å². The Labute approximate surface area is 180 Å². The molecule has 1 heterocycles. The van der Waals surface area contributed by atoms with Crippen molar-refractivity contribution < 1.29 is 28.8 Å². The van der Waals surface area contributed by atoms with E-state index in [2.05, 4.69) is 5.32 Å². The normalized spacial score (nSPS) is 12.9. The maximum atomic E-state index is 13.0. The number of thioether (sulfide) groups is 1. The van der Waals surface area contributed by atoms with Gasteiger partial charge in [-0.2, -0.15) is 0 Å². The van der Waals surface area contributed by atoms with Crippen molar-refractivity contribution in [1.29, 1.82) is 0 Å². The van der Waals surface area contributed by atoms with Crippen LogP contribution in [0.15, 0.2) is 47.4 Å². The predicted octanol–water partition coefficient (Wildman–Crippen LogP) is 2.26. The molecule has 1 fully saturated rings. The summed E-state index contributed by atoms with van der Waals surface area (Å²) in [6.45, 7) is -0.172. The molecular weight excluding hydrogens is 426 g/mol. The van der Waals surface area contributed by atoms with Crippen LogP contribution in [0.3, 0.4) is 0 Å². The van der Waals surface area contributed by atoms with E-state index in [1.807, 2.05) is 0 Å². The van der Waals surface area contributed by atoms with Crippen LogP contribution in [0.2, 0.25) is 0 Å². The second kappa shape index (κ2) is 9.39. The fraction of sp³-hybridized carbons (Fsp3) is 0.200. The molecule has 1 aliphatic rings. The molecule has 0 aromatic heterocycles. The molecule has 10 nitrogen and oxygen atoms in total. The topological polar surface area (TPSA) is 136 Å². The summed E-state index contributed by atoms with van der Waals surface area (Å²) in [7, 11) is 0. The molecule has 0 radical (unpaired) electrons. The molecule has 31 heavy (non-hydrogen) atoms. The minimum absolute atomic E-state index is 0.0231. The fourth-order valence-electron chi connectivity index (χ4n) is 2.98. The number of nitrogens with one attached hydrogen (secondary N) is 1. The number of carbonyl (C=O) groups is 4. The maximum Gasteiger partial charge on any atom is 0.339 e. The van der Waals surface area contributed by atoms with Gasteiger partial charge in [0.05, 0.1) is 15.4 Å². The molecule has 3 amide bonds. The number of imide groups is 1. The van der Waals surface area contributed by atoms with Gasteiger partial charge in [0.2, 0.25) is 0 Å². The monoisotopic (exact) mass is 443 g/mol. The lowest BCUT2D eigenvalue weighted by Crippen LogP contribution is -2.37. The zero-order valence-electron chi connectivity index (χ0n) is 16.3. The average Bonchev–Trinajstić information content (AvgIpc) is 3.22. The smallest absolute Gasteiger partial charge is 0.339 e. The highest BCUT2D eigenvalue weighted by atomic mass is 32.2. The average molecular weight is 443 g/mol. The fourth-order valence-corrected chi connectivity index (χ4v) is 3.53. The van der Waals surface area contributed by atoms with Gasteiger partial charge in [-0.3, -0.25) is 24.6 Å². The number of nitrogens with zero attached hydrogens (tertiary/aromatic N) is 2. The highest BCUT2D eigenvalue weighted by Crippen LogP contribution is 2.29. The van der Waals surface area contributed by atoms with Crippen molar-refractivity contribution in [3.63, 3.8) is 0 Å². The Morgan fingerprint density at radius 2 is 1.90 bits per heavy atom. The van der Waals surface area contributed by atoms with E-state index in [-0.39, 0.29) is 28.9 Å². The van der Waals surface area contributed by atoms with Gasteiger partial charge in [-0.1, -0.05) is 18.2 Å². The van der Waals surface area contributed by atoms with E-state index in [9.17, 15) is 29.3 Å². The Kier molecular flexibility index (Phi) is 6.65. The summed E-state index contributed by atoms with van der Waals surface area (Å²) in [5, 5.41) is 13.8. The van der Waals surface area contributed by atoms with Gasteiger partial charge < -0.3 is 10.1 Å². The SMILES string of the molecule is CSc1ccc(C(=O)c2ccccc2C(=O)OCC(=O)N2CCNC2=O)cc1[N+](=O)[O-]. The van der Waals surface area contributed by atoms with E-state index in [1.54, 1.807) is 6.26 Å². The summed E-state index contributed by atoms with van der Waals surface area (Å²) < 4.78 is 5.00. The third kappa shape index (κ3) is 4.72. The van der Waals surface area contributed by atoms with Crippen LogP contribution in [0.4, 0.5) is 10.5 Å². The standard InChI is InChI=1S/C20H17N3O7S/c1-31-16-7-6-12(10-15(16)23(28)29)18(25)13-4-2-3-5-14(13)19(26)30-11-17(24)22-9-8-21-20(22)27/h2-7,10H,8-9,11H2,1H3,(H,21,27). The van der Waals surface area contributed by atoms with Crippen molar-refractivity contribution in [2.45, 2.75) is 4.90 Å².